The molecule has 0 fully saturated rings. The number of hydrogen-bond acceptors (Lipinski definition) is 3. The van der Waals surface area contributed by atoms with Gasteiger partial charge < -0.3 is 4.42 Å². The summed E-state index contributed by atoms with van der Waals surface area (Å²) in [4.78, 5) is 13.7. The van der Waals surface area contributed by atoms with Crippen LogP contribution in [-0.2, 0) is 0 Å². The van der Waals surface area contributed by atoms with Crippen molar-refractivity contribution in [2.75, 3.05) is 0 Å². The van der Waals surface area contributed by atoms with Gasteiger partial charge in [0, 0.05) is 0 Å². The summed E-state index contributed by atoms with van der Waals surface area (Å²) in [6, 6.07) is 0. The molecule has 0 aliphatic carbocycles. The second kappa shape index (κ2) is 2.00. The van der Waals surface area contributed by atoms with Gasteiger partial charge in [-0.3, -0.25) is 4.79 Å². The molecule has 0 saturated carbocycles. The number of nitrogens with zero attached hydrogens (tertiary/aromatic N) is 1. The normalized spacial score (nSPS) is 9.12. The van der Waals surface area contributed by atoms with E-state index in [9.17, 15) is 4.79 Å². The molecule has 3 nitrogen and oxygen atoms in total. The van der Waals surface area contributed by atoms with E-state index in [1.54, 1.807) is 0 Å². The minimum absolute atomic E-state index is 0.0355. The minimum Gasteiger partial charge on any atom is -0.442 e. The van der Waals surface area contributed by atoms with Crippen molar-refractivity contribution in [3.05, 3.63) is 18.4 Å². The summed E-state index contributed by atoms with van der Waals surface area (Å²) < 4.78 is 4.56. The quantitative estimate of drug-likeness (QED) is 0.569. The summed E-state index contributed by atoms with van der Waals surface area (Å²) in [5.74, 6) is 0.0355. The molecule has 0 amide bonds. The maximum Gasteiger partial charge on any atom is 0.274 e. The molecule has 0 aliphatic rings. The summed E-state index contributed by atoms with van der Waals surface area (Å²) in [6.07, 6.45) is 2.72. The van der Waals surface area contributed by atoms with Crippen molar-refractivity contribution in [2.45, 2.75) is 0 Å². The highest BCUT2D eigenvalue weighted by molar-refractivity contribution is 7.97. The van der Waals surface area contributed by atoms with E-state index in [-0.39, 0.29) is 5.89 Å². The lowest BCUT2D eigenvalue weighted by molar-refractivity contribution is 0.106. The van der Waals surface area contributed by atoms with Crippen molar-refractivity contribution in [1.82, 2.24) is 4.98 Å². The lowest BCUT2D eigenvalue weighted by Gasteiger charge is -1.77. The fraction of sp³-hybridized carbons (Fsp3) is 0. The summed E-state index contributed by atoms with van der Waals surface area (Å²) in [5.41, 5.74) is 0. The molecule has 0 radical (unpaired) electrons. The van der Waals surface area contributed by atoms with Gasteiger partial charge in [0.05, 0.1) is 6.20 Å². The van der Waals surface area contributed by atoms with Crippen LogP contribution in [0.15, 0.2) is 16.9 Å². The van der Waals surface area contributed by atoms with Gasteiger partial charge in [-0.15, -0.1) is 0 Å². The Morgan fingerprint density at radius 3 is 2.88 bits per heavy atom. The van der Waals surface area contributed by atoms with Gasteiger partial charge in [0.1, 0.15) is 6.26 Å². The molecule has 0 saturated heterocycles. The summed E-state index contributed by atoms with van der Waals surface area (Å²) in [7, 11) is 0. The van der Waals surface area contributed by atoms with E-state index in [1.165, 1.54) is 12.5 Å². The van der Waals surface area contributed by atoms with Crippen LogP contribution < -0.4 is 0 Å². The summed E-state index contributed by atoms with van der Waals surface area (Å²) in [5, 5.41) is -0.449. The van der Waals surface area contributed by atoms with Crippen LogP contribution in [0.5, 0.6) is 0 Å². The Balaban J connectivity index is 2.93. The van der Waals surface area contributed by atoms with E-state index in [1.807, 2.05) is 0 Å². The van der Waals surface area contributed by atoms with Gasteiger partial charge in [-0.2, -0.15) is 0 Å². The molecule has 0 spiro atoms. The molecule has 0 aromatic carbocycles. The van der Waals surface area contributed by atoms with Crippen LogP contribution in [0.3, 0.4) is 0 Å². The van der Waals surface area contributed by atoms with Crippen molar-refractivity contribution in [3.63, 3.8) is 0 Å². The van der Waals surface area contributed by atoms with Gasteiger partial charge in [-0.05, 0) is 0 Å². The predicted octanol–water partition coefficient (Wildman–Crippen LogP) is 0.745. The van der Waals surface area contributed by atoms with E-state index in [4.69, 9.17) is 0 Å². The third kappa shape index (κ3) is 0.894. The fourth-order valence-corrected chi connectivity index (χ4v) is 0.440. The molecule has 0 atom stereocenters. The van der Waals surface area contributed by atoms with Crippen LogP contribution in [0.25, 0.3) is 0 Å². The molecule has 8 heavy (non-hydrogen) atoms. The second-order valence-electron chi connectivity index (χ2n) is 1.14. The molecular formula is C4H3NO2S. The average Bonchev–Trinajstić information content (AvgIpc) is 2.12. The first-order valence-electron chi connectivity index (χ1n) is 1.93. The average molecular weight is 129 g/mol. The van der Waals surface area contributed by atoms with Gasteiger partial charge in [0.25, 0.3) is 11.0 Å². The lowest BCUT2D eigenvalue weighted by atomic mass is 10.7. The van der Waals surface area contributed by atoms with Crippen molar-refractivity contribution in [1.29, 1.82) is 0 Å². The molecule has 0 N–H and O–H groups in total. The van der Waals surface area contributed by atoms with E-state index in [0.717, 1.165) is 0 Å². The highest BCUT2D eigenvalue weighted by Crippen LogP contribution is 1.97. The van der Waals surface area contributed by atoms with E-state index >= 15 is 0 Å². The maximum atomic E-state index is 10.2. The maximum absolute atomic E-state index is 10.2. The second-order valence-corrected chi connectivity index (χ2v) is 1.55. The highest BCUT2D eigenvalue weighted by Gasteiger charge is 2.01. The zero-order chi connectivity index (χ0) is 5.98. The minimum atomic E-state index is -0.449. The molecule has 1 rings (SSSR count). The van der Waals surface area contributed by atoms with Crippen LogP contribution >= 0.6 is 12.6 Å². The van der Waals surface area contributed by atoms with Crippen LogP contribution in [0.2, 0.25) is 0 Å². The van der Waals surface area contributed by atoms with Gasteiger partial charge in [0.2, 0.25) is 0 Å². The molecule has 1 aromatic heterocycles. The van der Waals surface area contributed by atoms with Crippen molar-refractivity contribution in [2.24, 2.45) is 0 Å². The largest absolute Gasteiger partial charge is 0.442 e. The van der Waals surface area contributed by atoms with Crippen molar-refractivity contribution >= 4 is 17.7 Å². The third-order valence-electron chi connectivity index (χ3n) is 0.615. The van der Waals surface area contributed by atoms with Crippen molar-refractivity contribution in [3.8, 4) is 0 Å². The summed E-state index contributed by atoms with van der Waals surface area (Å²) >= 11 is 3.46. The van der Waals surface area contributed by atoms with E-state index < -0.39 is 5.12 Å². The Morgan fingerprint density at radius 1 is 1.88 bits per heavy atom. The Labute approximate surface area is 51.1 Å². The molecular weight excluding hydrogens is 126 g/mol. The number of oxazole rings is 1. The van der Waals surface area contributed by atoms with E-state index in [0.29, 0.717) is 0 Å². The predicted molar refractivity (Wildman–Crippen MR) is 29.8 cm³/mol. The van der Waals surface area contributed by atoms with Crippen LogP contribution in [0.4, 0.5) is 0 Å². The number of rotatable bonds is 1. The monoisotopic (exact) mass is 129 g/mol. The molecule has 1 heterocycles. The third-order valence-corrected chi connectivity index (χ3v) is 0.807. The molecule has 1 aromatic rings. The molecule has 0 unspecified atom stereocenters. The zero-order valence-corrected chi connectivity index (χ0v) is 4.76. The van der Waals surface area contributed by atoms with E-state index in [2.05, 4.69) is 22.0 Å². The summed E-state index contributed by atoms with van der Waals surface area (Å²) in [6.45, 7) is 0. The lowest BCUT2D eigenvalue weighted by Crippen LogP contribution is -1.85. The van der Waals surface area contributed by atoms with Crippen LogP contribution in [0.1, 0.15) is 10.7 Å². The van der Waals surface area contributed by atoms with Crippen LogP contribution in [-0.4, -0.2) is 10.1 Å². The SMILES string of the molecule is O=C(S)c1ncco1. The van der Waals surface area contributed by atoms with Gasteiger partial charge >= 0.3 is 0 Å². The van der Waals surface area contributed by atoms with Crippen LogP contribution in [0, 0.1) is 0 Å². The topological polar surface area (TPSA) is 43.1 Å². The Bertz CT molecular complexity index is 182. The molecule has 0 bridgehead atoms. The molecule has 4 heteroatoms. The number of hydrogen-bond donors (Lipinski definition) is 1. The first kappa shape index (κ1) is 5.37. The zero-order valence-electron chi connectivity index (χ0n) is 3.87. The number of aromatic nitrogens is 1. The molecule has 42 valence electrons. The van der Waals surface area contributed by atoms with Crippen molar-refractivity contribution < 1.29 is 9.21 Å². The Hall–Kier alpha value is -0.770. The number of carbonyl (C=O) groups excluding carboxylic acids is 1. The standard InChI is InChI=1S/C4H3NO2S/c6-4(8)3-5-1-2-7-3/h1-2H,(H,6,8). The molecule has 0 aliphatic heterocycles. The first-order chi connectivity index (χ1) is 3.80. The van der Waals surface area contributed by atoms with Gasteiger partial charge in [-0.25, -0.2) is 4.98 Å². The first-order valence-corrected chi connectivity index (χ1v) is 2.38. The number of carbonyl (C=O) groups is 1. The van der Waals surface area contributed by atoms with Gasteiger partial charge in [-0.1, -0.05) is 12.6 Å². The van der Waals surface area contributed by atoms with Gasteiger partial charge in [0.15, 0.2) is 0 Å². The highest BCUT2D eigenvalue weighted by atomic mass is 32.1. The number of thiol groups is 1. The Kier molecular flexibility index (Phi) is 1.34. The Morgan fingerprint density at radius 2 is 2.62 bits per heavy atom. The smallest absolute Gasteiger partial charge is 0.274 e. The fourth-order valence-electron chi connectivity index (χ4n) is 0.329.